The Morgan fingerprint density at radius 3 is 2.79 bits per heavy atom. The molecule has 144 valence electrons. The van der Waals surface area contributed by atoms with Crippen LogP contribution in [0.25, 0.3) is 22.7 Å². The minimum Gasteiger partial charge on any atom is -0.454 e. The number of aromatic amines is 1. The van der Waals surface area contributed by atoms with Crippen molar-refractivity contribution in [3.63, 3.8) is 0 Å². The van der Waals surface area contributed by atoms with E-state index in [0.29, 0.717) is 11.1 Å². The lowest BCUT2D eigenvalue weighted by Gasteiger charge is -2.13. The van der Waals surface area contributed by atoms with Crippen LogP contribution in [0.3, 0.4) is 0 Å². The molecular formula is C19H14ClF2IN3OP. The molecule has 0 spiro atoms. The molecule has 3 aromatic rings. The number of rotatable bonds is 6. The Labute approximate surface area is 179 Å². The van der Waals surface area contributed by atoms with Crippen LogP contribution in [0.4, 0.5) is 8.78 Å². The van der Waals surface area contributed by atoms with Gasteiger partial charge in [-0.3, -0.25) is 4.76 Å². The number of hydrogen-bond donors (Lipinski definition) is 2. The van der Waals surface area contributed by atoms with Crippen LogP contribution >= 0.6 is 40.0 Å². The van der Waals surface area contributed by atoms with E-state index in [-0.39, 0.29) is 34.2 Å². The quantitative estimate of drug-likeness (QED) is 0.210. The molecule has 0 aliphatic rings. The number of hydrogen-bond acceptors (Lipinski definition) is 3. The first-order valence-corrected chi connectivity index (χ1v) is 12.3. The third-order valence-electron chi connectivity index (χ3n) is 3.94. The van der Waals surface area contributed by atoms with Gasteiger partial charge in [-0.05, 0) is 46.3 Å². The minimum atomic E-state index is -0.584. The van der Waals surface area contributed by atoms with E-state index in [4.69, 9.17) is 22.1 Å². The molecule has 0 saturated carbocycles. The monoisotopic (exact) mass is 531 g/mol. The Morgan fingerprint density at radius 2 is 2.07 bits per heavy atom. The molecular weight excluding hydrogens is 518 g/mol. The molecule has 4 nitrogen and oxygen atoms in total. The summed E-state index contributed by atoms with van der Waals surface area (Å²) in [7, 11) is 0. The maximum absolute atomic E-state index is 14.6. The van der Waals surface area contributed by atoms with Gasteiger partial charge in [-0.15, -0.1) is 0 Å². The number of halogens is 4. The first kappa shape index (κ1) is 20.8. The van der Waals surface area contributed by atoms with Crippen LogP contribution < -0.4 is 10.5 Å². The van der Waals surface area contributed by atoms with E-state index in [0.717, 1.165) is 5.39 Å². The van der Waals surface area contributed by atoms with E-state index in [2.05, 4.69) is 38.4 Å². The summed E-state index contributed by atoms with van der Waals surface area (Å²) in [4.78, 5) is 2.94. The van der Waals surface area contributed by atoms with E-state index < -0.39 is 11.6 Å². The lowest BCUT2D eigenvalue weighted by molar-refractivity contribution is 0.441. The van der Waals surface area contributed by atoms with Crippen LogP contribution in [0.5, 0.6) is 11.5 Å². The van der Waals surface area contributed by atoms with Gasteiger partial charge in [0, 0.05) is 40.5 Å². The third kappa shape index (κ3) is 4.21. The molecule has 1 atom stereocenters. The fourth-order valence-electron chi connectivity index (χ4n) is 2.66. The fraction of sp³-hybridized carbons (Fsp3) is 0. The first-order chi connectivity index (χ1) is 13.5. The number of benzene rings is 2. The van der Waals surface area contributed by atoms with Gasteiger partial charge in [0.1, 0.15) is 11.6 Å². The highest BCUT2D eigenvalue weighted by Gasteiger charge is 2.16. The van der Waals surface area contributed by atoms with Crippen molar-refractivity contribution in [3.05, 3.63) is 70.9 Å². The molecule has 9 heteroatoms. The summed E-state index contributed by atoms with van der Waals surface area (Å²) in [5.74, 6) is -0.972. The lowest BCUT2D eigenvalue weighted by Crippen LogP contribution is -2.03. The number of fused-ring (bicyclic) bond motifs is 1. The summed E-state index contributed by atoms with van der Waals surface area (Å²) < 4.78 is 38.6. The van der Waals surface area contributed by atoms with Crippen LogP contribution in [-0.2, 0) is 0 Å². The van der Waals surface area contributed by atoms with Crippen molar-refractivity contribution in [2.45, 2.75) is 0 Å². The number of ether oxygens (including phenoxy) is 1. The van der Waals surface area contributed by atoms with Gasteiger partial charge in [-0.1, -0.05) is 24.3 Å². The zero-order chi connectivity index (χ0) is 20.3. The minimum absolute atomic E-state index is 0.00789. The summed E-state index contributed by atoms with van der Waals surface area (Å²) >= 11 is 8.14. The standard InChI is InChI=1S/C19H14ClF2IN3OP/c1-2-11-12-5-6-25-17(12)8-16(22)19(11)27-10-3-4-15(21)13(7-10)18(24)14(20)9-26-28-23/h2-9,25,28H,1,24H2. The molecule has 0 fully saturated rings. The van der Waals surface area contributed by atoms with Crippen molar-refractivity contribution in [3.8, 4) is 11.5 Å². The molecule has 3 N–H and O–H groups in total. The van der Waals surface area contributed by atoms with Crippen LogP contribution in [0.15, 0.2) is 52.9 Å². The van der Waals surface area contributed by atoms with Gasteiger partial charge in [-0.25, -0.2) is 8.78 Å². The average molecular weight is 532 g/mol. The molecule has 1 unspecified atom stereocenters. The van der Waals surface area contributed by atoms with Crippen molar-refractivity contribution in [1.82, 2.24) is 4.98 Å². The summed E-state index contributed by atoms with van der Waals surface area (Å²) in [6.45, 7) is 3.74. The normalized spacial score (nSPS) is 12.9. The Bertz CT molecular complexity index is 1110. The third-order valence-corrected chi connectivity index (χ3v) is 5.30. The number of H-pyrrole nitrogens is 1. The van der Waals surface area contributed by atoms with Crippen molar-refractivity contribution < 1.29 is 13.5 Å². The molecule has 0 saturated heterocycles. The van der Waals surface area contributed by atoms with Gasteiger partial charge in [0.25, 0.3) is 0 Å². The molecule has 0 bridgehead atoms. The van der Waals surface area contributed by atoms with E-state index in [1.54, 1.807) is 12.3 Å². The van der Waals surface area contributed by atoms with Crippen molar-refractivity contribution in [1.29, 1.82) is 0 Å². The van der Waals surface area contributed by atoms with Crippen molar-refractivity contribution in [2.24, 2.45) is 10.5 Å². The Balaban J connectivity index is 2.05. The van der Waals surface area contributed by atoms with E-state index >= 15 is 0 Å². The predicted molar refractivity (Wildman–Crippen MR) is 123 cm³/mol. The summed E-state index contributed by atoms with van der Waals surface area (Å²) in [6.07, 6.45) is 4.83. The SMILES string of the molecule is C=Cc1c(Oc2ccc(F)c(C(N)=C(Cl)C=NPI)c2)c(F)cc2[nH]ccc12. The number of nitrogens with zero attached hydrogens (tertiary/aromatic N) is 1. The molecule has 1 aromatic heterocycles. The Morgan fingerprint density at radius 1 is 1.29 bits per heavy atom. The smallest absolute Gasteiger partial charge is 0.170 e. The number of aromatic nitrogens is 1. The maximum Gasteiger partial charge on any atom is 0.170 e. The zero-order valence-electron chi connectivity index (χ0n) is 14.3. The second-order valence-corrected chi connectivity index (χ2v) is 7.87. The molecule has 28 heavy (non-hydrogen) atoms. The first-order valence-electron chi connectivity index (χ1n) is 7.90. The zero-order valence-corrected chi connectivity index (χ0v) is 18.2. The Hall–Kier alpha value is -1.96. The largest absolute Gasteiger partial charge is 0.454 e. The molecule has 0 aliphatic carbocycles. The van der Waals surface area contributed by atoms with E-state index in [9.17, 15) is 8.78 Å². The number of nitrogens with one attached hydrogen (secondary N) is 1. The predicted octanol–water partition coefficient (Wildman–Crippen LogP) is 6.76. The highest BCUT2D eigenvalue weighted by molar-refractivity contribution is 14.2. The van der Waals surface area contributed by atoms with Gasteiger partial charge in [0.15, 0.2) is 11.6 Å². The van der Waals surface area contributed by atoms with Crippen LogP contribution in [0, 0.1) is 11.6 Å². The molecule has 0 aliphatic heterocycles. The summed E-state index contributed by atoms with van der Waals surface area (Å²) in [6, 6.07) is 7.05. The maximum atomic E-state index is 14.6. The van der Waals surface area contributed by atoms with Gasteiger partial charge in [0.05, 0.1) is 17.1 Å². The van der Waals surface area contributed by atoms with Gasteiger partial charge in [0.2, 0.25) is 0 Å². The highest BCUT2D eigenvalue weighted by Crippen LogP contribution is 2.36. The molecule has 2 aromatic carbocycles. The number of allylic oxidation sites excluding steroid dienone is 1. The van der Waals surface area contributed by atoms with E-state index in [1.807, 2.05) is 0 Å². The van der Waals surface area contributed by atoms with Gasteiger partial charge < -0.3 is 15.5 Å². The summed E-state index contributed by atoms with van der Waals surface area (Å²) in [5, 5.41) is 0.860. The van der Waals surface area contributed by atoms with Gasteiger partial charge in [-0.2, -0.15) is 0 Å². The lowest BCUT2D eigenvalue weighted by atomic mass is 10.1. The second-order valence-electron chi connectivity index (χ2n) is 5.59. The fourth-order valence-corrected chi connectivity index (χ4v) is 3.49. The van der Waals surface area contributed by atoms with Crippen molar-refractivity contribution in [2.75, 3.05) is 0 Å². The van der Waals surface area contributed by atoms with E-state index in [1.165, 1.54) is 36.6 Å². The summed E-state index contributed by atoms with van der Waals surface area (Å²) in [5.41, 5.74) is 7.10. The van der Waals surface area contributed by atoms with Crippen LogP contribution in [0.2, 0.25) is 0 Å². The molecule has 3 rings (SSSR count). The molecule has 1 heterocycles. The highest BCUT2D eigenvalue weighted by atomic mass is 127. The molecule has 0 amide bonds. The van der Waals surface area contributed by atoms with Gasteiger partial charge >= 0.3 is 0 Å². The molecule has 0 radical (unpaired) electrons. The number of nitrogens with two attached hydrogens (primary N) is 1. The van der Waals surface area contributed by atoms with Crippen molar-refractivity contribution >= 4 is 68.9 Å². The Kier molecular flexibility index (Phi) is 6.69. The average Bonchev–Trinajstić information content (AvgIpc) is 3.15. The second kappa shape index (κ2) is 9.03. The van der Waals surface area contributed by atoms with Crippen LogP contribution in [-0.4, -0.2) is 11.2 Å². The van der Waals surface area contributed by atoms with Crippen LogP contribution in [0.1, 0.15) is 11.1 Å². The topological polar surface area (TPSA) is 63.4 Å².